The Morgan fingerprint density at radius 3 is 2.82 bits per heavy atom. The fraction of sp³-hybridized carbons (Fsp3) is 0.350. The number of alkyl halides is 3. The Balaban J connectivity index is 1.50. The Hall–Kier alpha value is -3.94. The summed E-state index contributed by atoms with van der Waals surface area (Å²) >= 11 is 0. The zero-order valence-electron chi connectivity index (χ0n) is 18.0. The zero-order chi connectivity index (χ0) is 24.7. The molecule has 34 heavy (non-hydrogen) atoms. The largest absolute Gasteiger partial charge is 0.444 e. The number of oxazole rings is 1. The molecule has 1 aliphatic heterocycles. The third-order valence-electron chi connectivity index (χ3n) is 4.86. The Bertz CT molecular complexity index is 1230. The minimum absolute atomic E-state index is 0.000198. The molecule has 1 aliphatic rings. The smallest absolute Gasteiger partial charge is 0.405 e. The van der Waals surface area contributed by atoms with Gasteiger partial charge in [0, 0.05) is 18.8 Å². The summed E-state index contributed by atoms with van der Waals surface area (Å²) in [4.78, 5) is 34.2. The van der Waals surface area contributed by atoms with Gasteiger partial charge in [0.2, 0.25) is 11.8 Å². The Morgan fingerprint density at radius 1 is 1.38 bits per heavy atom. The fourth-order valence-corrected chi connectivity index (χ4v) is 3.41. The van der Waals surface area contributed by atoms with Gasteiger partial charge in [-0.05, 0) is 19.1 Å². The summed E-state index contributed by atoms with van der Waals surface area (Å²) in [6.07, 6.45) is -0.616. The average Bonchev–Trinajstić information content (AvgIpc) is 3.43. The number of hydrogen-bond acceptors (Lipinski definition) is 8. The van der Waals surface area contributed by atoms with Crippen molar-refractivity contribution in [3.05, 3.63) is 36.5 Å². The van der Waals surface area contributed by atoms with Crippen molar-refractivity contribution in [1.29, 1.82) is 0 Å². The average molecular weight is 479 g/mol. The van der Waals surface area contributed by atoms with Gasteiger partial charge in [-0.2, -0.15) is 18.3 Å². The first-order valence-electron chi connectivity index (χ1n) is 10.0. The number of aromatic nitrogens is 4. The zero-order valence-corrected chi connectivity index (χ0v) is 18.0. The molecule has 1 saturated heterocycles. The van der Waals surface area contributed by atoms with E-state index in [4.69, 9.17) is 4.42 Å². The van der Waals surface area contributed by atoms with Crippen LogP contribution in [0.25, 0.3) is 11.5 Å². The maximum Gasteiger partial charge on any atom is 0.405 e. The second-order valence-electron chi connectivity index (χ2n) is 8.08. The molecule has 3 aromatic heterocycles. The maximum atomic E-state index is 12.8. The molecular weight excluding hydrogens is 459 g/mol. The van der Waals surface area contributed by atoms with Gasteiger partial charge in [-0.25, -0.2) is 9.97 Å². The van der Waals surface area contributed by atoms with Gasteiger partial charge >= 0.3 is 6.18 Å². The Labute approximate surface area is 190 Å². The number of aliphatic hydroxyl groups is 1. The summed E-state index contributed by atoms with van der Waals surface area (Å²) in [5.41, 5.74) is -0.780. The molecule has 0 spiro atoms. The molecular formula is C20H20F3N7O4. The van der Waals surface area contributed by atoms with E-state index in [1.54, 1.807) is 7.05 Å². The molecule has 0 saturated carbocycles. The Morgan fingerprint density at radius 2 is 2.15 bits per heavy atom. The van der Waals surface area contributed by atoms with Crippen molar-refractivity contribution in [2.45, 2.75) is 25.1 Å². The van der Waals surface area contributed by atoms with Crippen LogP contribution in [0.1, 0.15) is 23.8 Å². The number of halogens is 3. The quantitative estimate of drug-likeness (QED) is 0.489. The lowest BCUT2D eigenvalue weighted by molar-refractivity contribution is -0.118. The minimum Gasteiger partial charge on any atom is -0.444 e. The molecule has 0 bridgehead atoms. The van der Waals surface area contributed by atoms with E-state index in [9.17, 15) is 27.9 Å². The van der Waals surface area contributed by atoms with Crippen molar-refractivity contribution >= 4 is 29.1 Å². The van der Waals surface area contributed by atoms with Crippen LogP contribution >= 0.6 is 0 Å². The summed E-state index contributed by atoms with van der Waals surface area (Å²) in [6.45, 7) is 0.295. The number of rotatable bonds is 6. The molecule has 3 N–H and O–H groups in total. The van der Waals surface area contributed by atoms with E-state index in [1.807, 2.05) is 0 Å². The first kappa shape index (κ1) is 23.2. The monoisotopic (exact) mass is 479 g/mol. The number of nitrogens with one attached hydrogen (secondary N) is 2. The van der Waals surface area contributed by atoms with Crippen molar-refractivity contribution in [1.82, 2.24) is 19.7 Å². The van der Waals surface area contributed by atoms with Crippen molar-refractivity contribution in [2.75, 3.05) is 28.6 Å². The molecule has 1 unspecified atom stereocenters. The van der Waals surface area contributed by atoms with Gasteiger partial charge in [-0.15, -0.1) is 0 Å². The van der Waals surface area contributed by atoms with Crippen molar-refractivity contribution < 1.29 is 32.3 Å². The van der Waals surface area contributed by atoms with Gasteiger partial charge in [0.25, 0.3) is 5.91 Å². The molecule has 0 aliphatic carbocycles. The molecule has 1 fully saturated rings. The molecule has 4 heterocycles. The number of nitrogens with zero attached hydrogens (tertiary/aromatic N) is 5. The number of anilines is 3. The Kier molecular flexibility index (Phi) is 5.77. The molecule has 11 nitrogen and oxygen atoms in total. The van der Waals surface area contributed by atoms with E-state index in [0.717, 1.165) is 6.26 Å². The first-order chi connectivity index (χ1) is 15.9. The van der Waals surface area contributed by atoms with Gasteiger partial charge in [0.1, 0.15) is 24.3 Å². The topological polar surface area (TPSA) is 138 Å². The maximum absolute atomic E-state index is 12.8. The third-order valence-corrected chi connectivity index (χ3v) is 4.86. The van der Waals surface area contributed by atoms with Crippen molar-refractivity contribution in [2.24, 2.45) is 7.05 Å². The number of carbonyl (C=O) groups excluding carboxylic acids is 2. The molecule has 0 radical (unpaired) electrons. The summed E-state index contributed by atoms with van der Waals surface area (Å²) in [6, 6.07) is 2.78. The lowest BCUT2D eigenvalue weighted by atomic mass is 10.1. The molecule has 180 valence electrons. The SMILES string of the molecule is Cn1cc(NC(=O)c2coc(-c3ccnc(NCC(F)(F)F)c3)n2)c(N2CC(C)(O)CC2=O)n1. The highest BCUT2D eigenvalue weighted by Gasteiger charge is 2.40. The van der Waals surface area contributed by atoms with Crippen LogP contribution in [0.4, 0.5) is 30.5 Å². The van der Waals surface area contributed by atoms with E-state index in [2.05, 4.69) is 25.7 Å². The lowest BCUT2D eigenvalue weighted by Crippen LogP contribution is -2.31. The van der Waals surface area contributed by atoms with Crippen LogP contribution in [-0.2, 0) is 11.8 Å². The number of pyridine rings is 1. The number of hydrogen-bond donors (Lipinski definition) is 3. The van der Waals surface area contributed by atoms with Crippen LogP contribution in [-0.4, -0.2) is 61.5 Å². The lowest BCUT2D eigenvalue weighted by Gasteiger charge is -2.17. The van der Waals surface area contributed by atoms with Gasteiger partial charge < -0.3 is 20.2 Å². The van der Waals surface area contributed by atoms with E-state index in [1.165, 1.54) is 41.0 Å². The predicted octanol–water partition coefficient (Wildman–Crippen LogP) is 2.18. The van der Waals surface area contributed by atoms with Crippen molar-refractivity contribution in [3.8, 4) is 11.5 Å². The van der Waals surface area contributed by atoms with Crippen LogP contribution in [0.2, 0.25) is 0 Å². The normalized spacial score (nSPS) is 18.4. The standard InChI is InChI=1S/C20H20F3N7O4/c1-19(33)6-15(31)30(10-19)16-12(7-29(2)28-16)26-17(32)13-8-34-18(27-13)11-3-4-24-14(5-11)25-9-20(21,22)23/h3-5,7-8,33H,6,9-10H2,1-2H3,(H,24,25)(H,26,32). The second-order valence-corrected chi connectivity index (χ2v) is 8.08. The number of aryl methyl sites for hydroxylation is 1. The van der Waals surface area contributed by atoms with Crippen LogP contribution in [0.3, 0.4) is 0 Å². The second kappa shape index (κ2) is 8.44. The number of carbonyl (C=O) groups is 2. The number of amides is 2. The highest BCUT2D eigenvalue weighted by molar-refractivity contribution is 6.06. The summed E-state index contributed by atoms with van der Waals surface area (Å²) in [5.74, 6) is -0.857. The molecule has 0 aromatic carbocycles. The van der Waals surface area contributed by atoms with E-state index in [0.29, 0.717) is 5.56 Å². The van der Waals surface area contributed by atoms with E-state index in [-0.39, 0.29) is 47.8 Å². The minimum atomic E-state index is -4.41. The summed E-state index contributed by atoms with van der Waals surface area (Å²) < 4.78 is 44.0. The summed E-state index contributed by atoms with van der Waals surface area (Å²) in [5, 5.41) is 19.2. The van der Waals surface area contributed by atoms with E-state index < -0.39 is 24.2 Å². The molecule has 2 amide bonds. The van der Waals surface area contributed by atoms with Crippen LogP contribution in [0.5, 0.6) is 0 Å². The van der Waals surface area contributed by atoms with Gasteiger partial charge in [0.15, 0.2) is 11.5 Å². The van der Waals surface area contributed by atoms with Gasteiger partial charge in [-0.1, -0.05) is 0 Å². The first-order valence-corrected chi connectivity index (χ1v) is 10.0. The van der Waals surface area contributed by atoms with Crippen molar-refractivity contribution in [3.63, 3.8) is 0 Å². The van der Waals surface area contributed by atoms with Gasteiger partial charge in [-0.3, -0.25) is 19.2 Å². The van der Waals surface area contributed by atoms with Gasteiger partial charge in [0.05, 0.1) is 24.8 Å². The highest BCUT2D eigenvalue weighted by atomic mass is 19.4. The fourth-order valence-electron chi connectivity index (χ4n) is 3.41. The molecule has 14 heteroatoms. The molecule has 3 aromatic rings. The number of β-amino-alcohol motifs (C(OH)–C–C–N with tert-alkyl or cyclic N) is 1. The predicted molar refractivity (Wildman–Crippen MR) is 113 cm³/mol. The van der Waals surface area contributed by atoms with Crippen LogP contribution in [0, 0.1) is 0 Å². The molecule has 4 rings (SSSR count). The molecule has 1 atom stereocenters. The van der Waals surface area contributed by atoms with E-state index >= 15 is 0 Å². The van der Waals surface area contributed by atoms with Crippen LogP contribution < -0.4 is 15.5 Å². The van der Waals surface area contributed by atoms with Crippen LogP contribution in [0.15, 0.2) is 35.2 Å². The summed E-state index contributed by atoms with van der Waals surface area (Å²) in [7, 11) is 1.61. The highest BCUT2D eigenvalue weighted by Crippen LogP contribution is 2.32. The third kappa shape index (κ3) is 5.17.